The van der Waals surface area contributed by atoms with Gasteiger partial charge in [-0.25, -0.2) is 4.39 Å². The second-order valence-corrected chi connectivity index (χ2v) is 6.28. The Morgan fingerprint density at radius 2 is 2.00 bits per heavy atom. The van der Waals surface area contributed by atoms with E-state index in [1.54, 1.807) is 6.07 Å². The topological polar surface area (TPSA) is 32.5 Å². The van der Waals surface area contributed by atoms with Crippen LogP contribution in [-0.4, -0.2) is 37.1 Å². The molecule has 0 radical (unpaired) electrons. The number of anilines is 1. The smallest absolute Gasteiger partial charge is 0.146 e. The van der Waals surface area contributed by atoms with Gasteiger partial charge in [-0.2, -0.15) is 0 Å². The van der Waals surface area contributed by atoms with E-state index >= 15 is 0 Å². The molecule has 2 fully saturated rings. The fourth-order valence-corrected chi connectivity index (χ4v) is 3.59. The van der Waals surface area contributed by atoms with Gasteiger partial charge < -0.3 is 10.6 Å². The molecule has 0 amide bonds. The fourth-order valence-electron chi connectivity index (χ4n) is 3.59. The van der Waals surface area contributed by atoms with Gasteiger partial charge in [0.15, 0.2) is 0 Å². The molecule has 2 N–H and O–H groups in total. The number of nitrogens with two attached hydrogens (primary N) is 1. The standard InChI is InChI=1S/C16H24FN3/c1-11(18)12-3-6-16(15(17)9-12)20-8-7-13-4-5-14(10-20)19(13)2/h3,6,9,11,13-14H,4-5,7-8,10,18H2,1-2H3/t11-,13?,14?/m1/s1. The summed E-state index contributed by atoms with van der Waals surface area (Å²) in [5.41, 5.74) is 7.41. The van der Waals surface area contributed by atoms with Crippen LogP contribution < -0.4 is 10.6 Å². The number of nitrogens with zero attached hydrogens (tertiary/aromatic N) is 2. The molecule has 2 aliphatic rings. The van der Waals surface area contributed by atoms with Gasteiger partial charge in [0.25, 0.3) is 0 Å². The molecule has 2 aliphatic heterocycles. The highest BCUT2D eigenvalue weighted by atomic mass is 19.1. The van der Waals surface area contributed by atoms with Gasteiger partial charge in [-0.1, -0.05) is 6.07 Å². The molecular formula is C16H24FN3. The minimum atomic E-state index is -0.139. The van der Waals surface area contributed by atoms with Crippen LogP contribution in [0.4, 0.5) is 10.1 Å². The Kier molecular flexibility index (Phi) is 3.69. The lowest BCUT2D eigenvalue weighted by Gasteiger charge is -2.28. The van der Waals surface area contributed by atoms with Crippen LogP contribution in [-0.2, 0) is 0 Å². The highest BCUT2D eigenvalue weighted by molar-refractivity contribution is 5.50. The number of hydrogen-bond acceptors (Lipinski definition) is 3. The summed E-state index contributed by atoms with van der Waals surface area (Å²) in [5.74, 6) is -0.139. The van der Waals surface area contributed by atoms with E-state index in [1.165, 1.54) is 12.8 Å². The summed E-state index contributed by atoms with van der Waals surface area (Å²) in [4.78, 5) is 4.69. The van der Waals surface area contributed by atoms with Gasteiger partial charge in [0.1, 0.15) is 5.82 Å². The normalized spacial score (nSPS) is 28.5. The maximum absolute atomic E-state index is 14.4. The molecule has 3 nitrogen and oxygen atoms in total. The molecule has 0 aliphatic carbocycles. The third-order valence-electron chi connectivity index (χ3n) is 4.99. The number of rotatable bonds is 2. The molecule has 2 unspecified atom stereocenters. The Labute approximate surface area is 120 Å². The first-order chi connectivity index (χ1) is 9.56. The molecule has 4 heteroatoms. The highest BCUT2D eigenvalue weighted by Crippen LogP contribution is 2.32. The first-order valence-corrected chi connectivity index (χ1v) is 7.58. The van der Waals surface area contributed by atoms with Gasteiger partial charge >= 0.3 is 0 Å². The van der Waals surface area contributed by atoms with Crippen LogP contribution in [0.1, 0.15) is 37.8 Å². The lowest BCUT2D eigenvalue weighted by molar-refractivity contribution is 0.254. The van der Waals surface area contributed by atoms with Crippen molar-refractivity contribution in [2.75, 3.05) is 25.0 Å². The Morgan fingerprint density at radius 1 is 1.25 bits per heavy atom. The van der Waals surface area contributed by atoms with E-state index in [-0.39, 0.29) is 11.9 Å². The lowest BCUT2D eigenvalue weighted by Crippen LogP contribution is -2.37. The van der Waals surface area contributed by atoms with E-state index in [0.717, 1.165) is 30.8 Å². The largest absolute Gasteiger partial charge is 0.368 e. The van der Waals surface area contributed by atoms with Gasteiger partial charge in [0, 0.05) is 31.2 Å². The molecule has 0 spiro atoms. The van der Waals surface area contributed by atoms with Gasteiger partial charge in [0.2, 0.25) is 0 Å². The fraction of sp³-hybridized carbons (Fsp3) is 0.625. The minimum Gasteiger partial charge on any atom is -0.368 e. The SMILES string of the molecule is C[C@@H](N)c1ccc(N2CCC3CCC(C2)N3C)c(F)c1. The van der Waals surface area contributed by atoms with Crippen LogP contribution in [0.5, 0.6) is 0 Å². The van der Waals surface area contributed by atoms with Crippen LogP contribution in [0, 0.1) is 5.82 Å². The summed E-state index contributed by atoms with van der Waals surface area (Å²) in [6.07, 6.45) is 3.65. The van der Waals surface area contributed by atoms with Crippen molar-refractivity contribution in [2.24, 2.45) is 5.73 Å². The molecule has 0 aromatic heterocycles. The number of hydrogen-bond donors (Lipinski definition) is 1. The summed E-state index contributed by atoms with van der Waals surface area (Å²) >= 11 is 0. The Morgan fingerprint density at radius 3 is 2.70 bits per heavy atom. The van der Waals surface area contributed by atoms with Crippen molar-refractivity contribution in [3.05, 3.63) is 29.6 Å². The summed E-state index contributed by atoms with van der Waals surface area (Å²) in [7, 11) is 2.21. The van der Waals surface area contributed by atoms with E-state index in [9.17, 15) is 4.39 Å². The van der Waals surface area contributed by atoms with Crippen LogP contribution in [0.3, 0.4) is 0 Å². The molecule has 1 aromatic rings. The zero-order valence-corrected chi connectivity index (χ0v) is 12.3. The Hall–Kier alpha value is -1.13. The maximum Gasteiger partial charge on any atom is 0.146 e. The Bertz CT molecular complexity index is 489. The monoisotopic (exact) mass is 277 g/mol. The first-order valence-electron chi connectivity index (χ1n) is 7.58. The average molecular weight is 277 g/mol. The summed E-state index contributed by atoms with van der Waals surface area (Å²) in [5, 5.41) is 0. The number of fused-ring (bicyclic) bond motifs is 2. The predicted octanol–water partition coefficient (Wildman–Crippen LogP) is 2.52. The van der Waals surface area contributed by atoms with Crippen LogP contribution in [0.15, 0.2) is 18.2 Å². The second kappa shape index (κ2) is 5.34. The summed E-state index contributed by atoms with van der Waals surface area (Å²) in [6, 6.07) is 6.56. The highest BCUT2D eigenvalue weighted by Gasteiger charge is 2.35. The van der Waals surface area contributed by atoms with Crippen LogP contribution in [0.2, 0.25) is 0 Å². The zero-order chi connectivity index (χ0) is 14.3. The molecule has 2 heterocycles. The van der Waals surface area contributed by atoms with Crippen molar-refractivity contribution in [2.45, 2.75) is 44.3 Å². The van der Waals surface area contributed by atoms with Crippen molar-refractivity contribution < 1.29 is 4.39 Å². The van der Waals surface area contributed by atoms with Gasteiger partial charge in [-0.15, -0.1) is 0 Å². The number of benzene rings is 1. The van der Waals surface area contributed by atoms with E-state index in [0.29, 0.717) is 12.1 Å². The lowest BCUT2D eigenvalue weighted by atomic mass is 10.1. The van der Waals surface area contributed by atoms with E-state index in [4.69, 9.17) is 5.73 Å². The molecule has 2 bridgehead atoms. The van der Waals surface area contributed by atoms with Gasteiger partial charge in [-0.05, 0) is 50.9 Å². The average Bonchev–Trinajstić information content (AvgIpc) is 2.64. The maximum atomic E-state index is 14.4. The molecule has 3 rings (SSSR count). The first kappa shape index (κ1) is 13.8. The van der Waals surface area contributed by atoms with Crippen LogP contribution >= 0.6 is 0 Å². The van der Waals surface area contributed by atoms with E-state index in [2.05, 4.69) is 16.8 Å². The van der Waals surface area contributed by atoms with Crippen molar-refractivity contribution in [3.63, 3.8) is 0 Å². The van der Waals surface area contributed by atoms with Crippen molar-refractivity contribution >= 4 is 5.69 Å². The zero-order valence-electron chi connectivity index (χ0n) is 12.3. The molecule has 3 atom stereocenters. The van der Waals surface area contributed by atoms with Gasteiger partial charge in [-0.3, -0.25) is 4.90 Å². The molecule has 110 valence electrons. The second-order valence-electron chi connectivity index (χ2n) is 6.28. The molecular weight excluding hydrogens is 253 g/mol. The third kappa shape index (κ3) is 2.42. The molecule has 1 aromatic carbocycles. The molecule has 2 saturated heterocycles. The predicted molar refractivity (Wildman–Crippen MR) is 80.4 cm³/mol. The quantitative estimate of drug-likeness (QED) is 0.901. The summed E-state index contributed by atoms with van der Waals surface area (Å²) in [6.45, 7) is 3.76. The number of likely N-dealkylation sites (N-methyl/N-ethyl adjacent to an activating group) is 1. The molecule has 0 saturated carbocycles. The third-order valence-corrected chi connectivity index (χ3v) is 4.99. The molecule has 20 heavy (non-hydrogen) atoms. The van der Waals surface area contributed by atoms with Crippen molar-refractivity contribution in [3.8, 4) is 0 Å². The van der Waals surface area contributed by atoms with Crippen molar-refractivity contribution in [1.29, 1.82) is 0 Å². The number of halogens is 1. The van der Waals surface area contributed by atoms with E-state index < -0.39 is 0 Å². The Balaban J connectivity index is 1.82. The van der Waals surface area contributed by atoms with Crippen LogP contribution in [0.25, 0.3) is 0 Å². The van der Waals surface area contributed by atoms with Crippen molar-refractivity contribution in [1.82, 2.24) is 4.90 Å². The van der Waals surface area contributed by atoms with E-state index in [1.807, 2.05) is 19.1 Å². The van der Waals surface area contributed by atoms with Gasteiger partial charge in [0.05, 0.1) is 5.69 Å². The minimum absolute atomic E-state index is 0.121. The summed E-state index contributed by atoms with van der Waals surface area (Å²) < 4.78 is 14.4.